The van der Waals surface area contributed by atoms with Crippen LogP contribution in [-0.4, -0.2) is 48.5 Å². The number of piperazine rings is 1. The monoisotopic (exact) mass is 372 g/mol. The molecule has 0 bridgehead atoms. The van der Waals surface area contributed by atoms with Crippen molar-refractivity contribution in [3.63, 3.8) is 0 Å². The minimum absolute atomic E-state index is 0.0555. The van der Waals surface area contributed by atoms with Crippen molar-refractivity contribution in [2.24, 2.45) is 0 Å². The number of carbonyl (C=O) groups is 1. The highest BCUT2D eigenvalue weighted by molar-refractivity contribution is 5.78. The third-order valence-corrected chi connectivity index (χ3v) is 4.55. The van der Waals surface area contributed by atoms with Gasteiger partial charge in [-0.1, -0.05) is 30.3 Å². The summed E-state index contributed by atoms with van der Waals surface area (Å²) in [6.07, 6.45) is 0. The maximum Gasteiger partial charge on any atom is 0.295 e. The van der Waals surface area contributed by atoms with Crippen molar-refractivity contribution in [3.05, 3.63) is 70.0 Å². The maximum atomic E-state index is 13.3. The minimum atomic E-state index is -0.626. The number of anilines is 1. The van der Waals surface area contributed by atoms with Crippen molar-refractivity contribution in [2.75, 3.05) is 37.6 Å². The first-order chi connectivity index (χ1) is 13.0. The zero-order valence-corrected chi connectivity index (χ0v) is 14.8. The van der Waals surface area contributed by atoms with E-state index in [-0.39, 0.29) is 18.1 Å². The molecule has 142 valence electrons. The molecule has 1 fully saturated rings. The summed E-state index contributed by atoms with van der Waals surface area (Å²) in [5, 5.41) is 14.1. The van der Waals surface area contributed by atoms with E-state index in [2.05, 4.69) is 5.32 Å². The van der Waals surface area contributed by atoms with E-state index in [0.29, 0.717) is 38.4 Å². The van der Waals surface area contributed by atoms with Crippen LogP contribution in [0.3, 0.4) is 0 Å². The van der Waals surface area contributed by atoms with Gasteiger partial charge in [0.2, 0.25) is 5.91 Å². The first-order valence-electron chi connectivity index (χ1n) is 8.75. The smallest absolute Gasteiger partial charge is 0.295 e. The molecule has 2 aromatic rings. The van der Waals surface area contributed by atoms with Gasteiger partial charge in [-0.2, -0.15) is 0 Å². The molecule has 27 heavy (non-hydrogen) atoms. The molecule has 1 aliphatic rings. The van der Waals surface area contributed by atoms with Gasteiger partial charge in [0, 0.05) is 32.7 Å². The summed E-state index contributed by atoms with van der Waals surface area (Å²) >= 11 is 0. The number of nitro benzene ring substituents is 1. The van der Waals surface area contributed by atoms with Crippen molar-refractivity contribution in [3.8, 4) is 0 Å². The molecule has 0 aromatic heterocycles. The molecule has 7 nitrogen and oxygen atoms in total. The maximum absolute atomic E-state index is 13.3. The van der Waals surface area contributed by atoms with Gasteiger partial charge in [0.25, 0.3) is 5.69 Å². The Bertz CT molecular complexity index is 808. The van der Waals surface area contributed by atoms with Gasteiger partial charge >= 0.3 is 0 Å². The van der Waals surface area contributed by atoms with Crippen LogP contribution in [0, 0.1) is 15.9 Å². The van der Waals surface area contributed by atoms with Gasteiger partial charge in [0.15, 0.2) is 0 Å². The molecule has 0 aliphatic carbocycles. The topological polar surface area (TPSA) is 78.7 Å². The Morgan fingerprint density at radius 2 is 1.81 bits per heavy atom. The van der Waals surface area contributed by atoms with Crippen LogP contribution in [0.2, 0.25) is 0 Å². The number of amides is 1. The molecular weight excluding hydrogens is 351 g/mol. The molecule has 0 unspecified atom stereocenters. The average Bonchev–Trinajstić information content (AvgIpc) is 2.68. The summed E-state index contributed by atoms with van der Waals surface area (Å²) in [5.74, 6) is -0.681. The highest BCUT2D eigenvalue weighted by Gasteiger charge is 2.25. The summed E-state index contributed by atoms with van der Waals surface area (Å²) in [4.78, 5) is 26.6. The predicted molar refractivity (Wildman–Crippen MR) is 100.0 cm³/mol. The number of hydrogen-bond acceptors (Lipinski definition) is 5. The van der Waals surface area contributed by atoms with Gasteiger partial charge < -0.3 is 10.2 Å². The fourth-order valence-electron chi connectivity index (χ4n) is 3.11. The number of halogens is 1. The van der Waals surface area contributed by atoms with Crippen molar-refractivity contribution in [2.45, 2.75) is 6.54 Å². The zero-order chi connectivity index (χ0) is 19.2. The van der Waals surface area contributed by atoms with Crippen LogP contribution in [0.15, 0.2) is 48.5 Å². The van der Waals surface area contributed by atoms with E-state index in [4.69, 9.17) is 0 Å². The number of hydrogen-bond donors (Lipinski definition) is 1. The van der Waals surface area contributed by atoms with E-state index >= 15 is 0 Å². The van der Waals surface area contributed by atoms with Crippen LogP contribution in [0.4, 0.5) is 15.8 Å². The number of nitrogens with zero attached hydrogens (tertiary/aromatic N) is 3. The molecule has 1 aliphatic heterocycles. The average molecular weight is 372 g/mol. The zero-order valence-electron chi connectivity index (χ0n) is 14.8. The van der Waals surface area contributed by atoms with Gasteiger partial charge in [-0.3, -0.25) is 19.8 Å². The Hall–Kier alpha value is -3.00. The first kappa shape index (κ1) is 18.8. The summed E-state index contributed by atoms with van der Waals surface area (Å²) in [7, 11) is 0. The molecule has 1 amide bonds. The number of benzene rings is 2. The molecule has 2 aromatic carbocycles. The lowest BCUT2D eigenvalue weighted by molar-refractivity contribution is -0.384. The van der Waals surface area contributed by atoms with Crippen molar-refractivity contribution in [1.29, 1.82) is 0 Å². The Balaban J connectivity index is 1.50. The van der Waals surface area contributed by atoms with Gasteiger partial charge in [-0.25, -0.2) is 4.39 Å². The van der Waals surface area contributed by atoms with Crippen molar-refractivity contribution >= 4 is 17.3 Å². The Morgan fingerprint density at radius 3 is 2.48 bits per heavy atom. The van der Waals surface area contributed by atoms with E-state index < -0.39 is 10.7 Å². The molecular formula is C19H21FN4O3. The molecule has 1 saturated heterocycles. The lowest BCUT2D eigenvalue weighted by Crippen LogP contribution is -2.49. The highest BCUT2D eigenvalue weighted by atomic mass is 19.1. The largest absolute Gasteiger partial charge is 0.363 e. The summed E-state index contributed by atoms with van der Waals surface area (Å²) in [5.41, 5.74) is 1.22. The van der Waals surface area contributed by atoms with Gasteiger partial charge in [0.1, 0.15) is 11.5 Å². The van der Waals surface area contributed by atoms with Crippen LogP contribution < -0.4 is 10.2 Å². The van der Waals surface area contributed by atoms with E-state index in [9.17, 15) is 19.3 Å². The standard InChI is InChI=1S/C19H21FN4O3/c20-16-6-7-17(18(12-16)24(26)27)23-10-8-22(9-11-23)14-19(25)21-13-15-4-2-1-3-5-15/h1-7,12H,8-11,13-14H2,(H,21,25). The fourth-order valence-corrected chi connectivity index (χ4v) is 3.11. The molecule has 8 heteroatoms. The third kappa shape index (κ3) is 5.01. The van der Waals surface area contributed by atoms with E-state index in [1.54, 1.807) is 0 Å². The summed E-state index contributed by atoms with van der Waals surface area (Å²) in [6.45, 7) is 3.06. The van der Waals surface area contributed by atoms with Crippen LogP contribution in [-0.2, 0) is 11.3 Å². The second-order valence-electron chi connectivity index (χ2n) is 6.42. The molecule has 0 atom stereocenters. The molecule has 0 saturated carbocycles. The molecule has 3 rings (SSSR count). The number of carbonyl (C=O) groups excluding carboxylic acids is 1. The lowest BCUT2D eigenvalue weighted by atomic mass is 10.2. The van der Waals surface area contributed by atoms with E-state index in [0.717, 1.165) is 11.6 Å². The number of rotatable bonds is 6. The van der Waals surface area contributed by atoms with Gasteiger partial charge in [-0.15, -0.1) is 0 Å². The summed E-state index contributed by atoms with van der Waals surface area (Å²) in [6, 6.07) is 13.3. The SMILES string of the molecule is O=C(CN1CCN(c2ccc(F)cc2[N+](=O)[O-])CC1)NCc1ccccc1. The Labute approximate surface area is 156 Å². The molecule has 0 radical (unpaired) electrons. The quantitative estimate of drug-likeness (QED) is 0.621. The number of nitro groups is 1. The second kappa shape index (κ2) is 8.59. The van der Waals surface area contributed by atoms with Crippen molar-refractivity contribution < 1.29 is 14.1 Å². The minimum Gasteiger partial charge on any atom is -0.363 e. The van der Waals surface area contributed by atoms with E-state index in [1.165, 1.54) is 12.1 Å². The van der Waals surface area contributed by atoms with Crippen LogP contribution >= 0.6 is 0 Å². The van der Waals surface area contributed by atoms with Crippen LogP contribution in [0.1, 0.15) is 5.56 Å². The van der Waals surface area contributed by atoms with Crippen molar-refractivity contribution in [1.82, 2.24) is 10.2 Å². The molecule has 1 heterocycles. The fraction of sp³-hybridized carbons (Fsp3) is 0.316. The van der Waals surface area contributed by atoms with Crippen LogP contribution in [0.25, 0.3) is 0 Å². The van der Waals surface area contributed by atoms with E-state index in [1.807, 2.05) is 40.1 Å². The molecule has 0 spiro atoms. The van der Waals surface area contributed by atoms with Gasteiger partial charge in [0.05, 0.1) is 17.5 Å². The number of nitrogens with one attached hydrogen (secondary N) is 1. The predicted octanol–water partition coefficient (Wildman–Crippen LogP) is 2.17. The lowest BCUT2D eigenvalue weighted by Gasteiger charge is -2.35. The normalized spacial score (nSPS) is 14.8. The van der Waals surface area contributed by atoms with Gasteiger partial charge in [-0.05, 0) is 17.7 Å². The summed E-state index contributed by atoms with van der Waals surface area (Å²) < 4.78 is 13.3. The van der Waals surface area contributed by atoms with Crippen LogP contribution in [0.5, 0.6) is 0 Å². The Morgan fingerprint density at radius 1 is 1.11 bits per heavy atom. The third-order valence-electron chi connectivity index (χ3n) is 4.55. The first-order valence-corrected chi connectivity index (χ1v) is 8.75. The Kier molecular flexibility index (Phi) is 5.97. The highest BCUT2D eigenvalue weighted by Crippen LogP contribution is 2.29. The molecule has 1 N–H and O–H groups in total. The second-order valence-corrected chi connectivity index (χ2v) is 6.42.